The van der Waals surface area contributed by atoms with Gasteiger partial charge >= 0.3 is 0 Å². The van der Waals surface area contributed by atoms with Crippen molar-refractivity contribution < 1.29 is 14.1 Å². The number of benzene rings is 2. The molecule has 2 aromatic carbocycles. The van der Waals surface area contributed by atoms with Crippen molar-refractivity contribution >= 4 is 22.5 Å². The summed E-state index contributed by atoms with van der Waals surface area (Å²) in [6.07, 6.45) is 3.28. The van der Waals surface area contributed by atoms with Crippen molar-refractivity contribution in [2.75, 3.05) is 12.4 Å². The highest BCUT2D eigenvalue weighted by Gasteiger charge is 2.18. The molecule has 3 aromatic heterocycles. The van der Waals surface area contributed by atoms with E-state index in [1.165, 1.54) is 10.6 Å². The van der Waals surface area contributed by atoms with Crippen LogP contribution in [-0.4, -0.2) is 32.7 Å². The molecule has 0 saturated heterocycles. The molecule has 5 aromatic rings. The summed E-state index contributed by atoms with van der Waals surface area (Å²) in [6.45, 7) is -0.155. The highest BCUT2D eigenvalue weighted by Crippen LogP contribution is 2.28. The standard InChI is InChI=1S/C25H19N5O4/c1-33-18-8-6-17(7-9-18)27-22(31)15-30-21-5-3-2-4-19(21)20(14-23(30)32)25-28-24(29-34-25)16-10-12-26-13-11-16/h2-14H,15H2,1H3,(H,27,31). The van der Waals surface area contributed by atoms with Crippen LogP contribution in [0.4, 0.5) is 5.69 Å². The molecule has 9 nitrogen and oxygen atoms in total. The van der Waals surface area contributed by atoms with Crippen molar-refractivity contribution in [3.63, 3.8) is 0 Å². The van der Waals surface area contributed by atoms with E-state index in [9.17, 15) is 9.59 Å². The molecule has 0 aliphatic rings. The lowest BCUT2D eigenvalue weighted by molar-refractivity contribution is -0.116. The van der Waals surface area contributed by atoms with Crippen LogP contribution in [0, 0.1) is 0 Å². The van der Waals surface area contributed by atoms with Gasteiger partial charge in [-0.25, -0.2) is 0 Å². The van der Waals surface area contributed by atoms with Gasteiger partial charge < -0.3 is 14.6 Å². The molecule has 34 heavy (non-hydrogen) atoms. The molecule has 1 N–H and O–H groups in total. The number of nitrogens with zero attached hydrogens (tertiary/aromatic N) is 4. The summed E-state index contributed by atoms with van der Waals surface area (Å²) in [5.74, 6) is 0.964. The first-order valence-corrected chi connectivity index (χ1v) is 10.4. The van der Waals surface area contributed by atoms with Crippen LogP contribution in [0.1, 0.15) is 0 Å². The summed E-state index contributed by atoms with van der Waals surface area (Å²) in [6, 6.07) is 19.2. The lowest BCUT2D eigenvalue weighted by atomic mass is 10.1. The Morgan fingerprint density at radius 2 is 1.82 bits per heavy atom. The Hall–Kier alpha value is -4.79. The first-order chi connectivity index (χ1) is 16.6. The zero-order valence-corrected chi connectivity index (χ0v) is 18.1. The maximum absolute atomic E-state index is 13.0. The minimum Gasteiger partial charge on any atom is -0.497 e. The molecular weight excluding hydrogens is 434 g/mol. The fourth-order valence-corrected chi connectivity index (χ4v) is 3.64. The van der Waals surface area contributed by atoms with Crippen LogP contribution in [0.15, 0.2) is 88.4 Å². The van der Waals surface area contributed by atoms with Crippen LogP contribution in [0.25, 0.3) is 33.7 Å². The molecule has 0 aliphatic heterocycles. The Labute approximate surface area is 193 Å². The van der Waals surface area contributed by atoms with E-state index in [1.807, 2.05) is 12.1 Å². The second kappa shape index (κ2) is 8.99. The summed E-state index contributed by atoms with van der Waals surface area (Å²) < 4.78 is 12.0. The number of aromatic nitrogens is 4. The minimum atomic E-state index is -0.359. The number of pyridine rings is 2. The molecule has 0 fully saturated rings. The van der Waals surface area contributed by atoms with Crippen LogP contribution < -0.4 is 15.6 Å². The third-order valence-electron chi connectivity index (χ3n) is 5.29. The summed E-state index contributed by atoms with van der Waals surface area (Å²) in [7, 11) is 1.57. The molecule has 9 heteroatoms. The molecule has 1 amide bonds. The van der Waals surface area contributed by atoms with Gasteiger partial charge in [-0.15, -0.1) is 0 Å². The minimum absolute atomic E-state index is 0.155. The van der Waals surface area contributed by atoms with Gasteiger partial charge in [0.1, 0.15) is 12.3 Å². The van der Waals surface area contributed by atoms with Gasteiger partial charge in [-0.05, 0) is 42.5 Å². The predicted octanol–water partition coefficient (Wildman–Crippen LogP) is 3.76. The van der Waals surface area contributed by atoms with E-state index in [4.69, 9.17) is 9.26 Å². The van der Waals surface area contributed by atoms with Gasteiger partial charge in [-0.2, -0.15) is 4.98 Å². The summed E-state index contributed by atoms with van der Waals surface area (Å²) in [5, 5.41) is 7.55. The Morgan fingerprint density at radius 1 is 1.06 bits per heavy atom. The highest BCUT2D eigenvalue weighted by molar-refractivity contribution is 5.95. The van der Waals surface area contributed by atoms with Crippen LogP contribution in [0.5, 0.6) is 5.75 Å². The van der Waals surface area contributed by atoms with Crippen LogP contribution >= 0.6 is 0 Å². The molecule has 0 atom stereocenters. The fraction of sp³-hybridized carbons (Fsp3) is 0.0800. The molecule has 3 heterocycles. The third-order valence-corrected chi connectivity index (χ3v) is 5.29. The van der Waals surface area contributed by atoms with Gasteiger partial charge in [0.05, 0.1) is 18.2 Å². The first kappa shape index (κ1) is 21.1. The third kappa shape index (κ3) is 4.14. The smallest absolute Gasteiger partial charge is 0.259 e. The van der Waals surface area contributed by atoms with E-state index < -0.39 is 0 Å². The van der Waals surface area contributed by atoms with Crippen LogP contribution in [-0.2, 0) is 11.3 Å². The molecule has 0 saturated carbocycles. The maximum Gasteiger partial charge on any atom is 0.259 e. The van der Waals surface area contributed by atoms with Gasteiger partial charge in [0, 0.05) is 35.1 Å². The van der Waals surface area contributed by atoms with Crippen molar-refractivity contribution in [3.8, 4) is 28.6 Å². The predicted molar refractivity (Wildman–Crippen MR) is 126 cm³/mol. The quantitative estimate of drug-likeness (QED) is 0.417. The zero-order chi connectivity index (χ0) is 23.5. The van der Waals surface area contributed by atoms with Crippen molar-refractivity contribution in [1.29, 1.82) is 0 Å². The van der Waals surface area contributed by atoms with E-state index in [0.717, 1.165) is 5.56 Å². The molecule has 0 unspecified atom stereocenters. The number of nitrogens with one attached hydrogen (secondary N) is 1. The topological polar surface area (TPSA) is 112 Å². The molecule has 0 bridgehead atoms. The van der Waals surface area contributed by atoms with Gasteiger partial charge in [-0.3, -0.25) is 19.1 Å². The molecule has 0 aliphatic carbocycles. The van der Waals surface area contributed by atoms with Gasteiger partial charge in [0.25, 0.3) is 11.4 Å². The van der Waals surface area contributed by atoms with Crippen molar-refractivity contribution in [2.45, 2.75) is 6.54 Å². The molecule has 0 spiro atoms. The van der Waals surface area contributed by atoms with Crippen molar-refractivity contribution in [1.82, 2.24) is 19.7 Å². The lowest BCUT2D eigenvalue weighted by Gasteiger charge is -2.12. The number of carbonyl (C=O) groups excluding carboxylic acids is 1. The Kier molecular flexibility index (Phi) is 5.57. The molecule has 0 radical (unpaired) electrons. The molecule has 168 valence electrons. The number of hydrogen-bond donors (Lipinski definition) is 1. The Balaban J connectivity index is 1.48. The number of amides is 1. The number of rotatable bonds is 6. The average Bonchev–Trinajstić information content (AvgIpc) is 3.37. The van der Waals surface area contributed by atoms with Crippen molar-refractivity contribution in [2.24, 2.45) is 0 Å². The molecule has 5 rings (SSSR count). The normalized spacial score (nSPS) is 10.9. The van der Waals surface area contributed by atoms with Gasteiger partial charge in [-0.1, -0.05) is 23.4 Å². The summed E-state index contributed by atoms with van der Waals surface area (Å²) >= 11 is 0. The van der Waals surface area contributed by atoms with E-state index in [1.54, 1.807) is 68.0 Å². The number of methoxy groups -OCH3 is 1. The van der Waals surface area contributed by atoms with E-state index >= 15 is 0 Å². The number of hydrogen-bond acceptors (Lipinski definition) is 7. The second-order valence-corrected chi connectivity index (χ2v) is 7.44. The van der Waals surface area contributed by atoms with E-state index in [0.29, 0.717) is 33.7 Å². The lowest BCUT2D eigenvalue weighted by Crippen LogP contribution is -2.27. The van der Waals surface area contributed by atoms with E-state index in [-0.39, 0.29) is 23.9 Å². The highest BCUT2D eigenvalue weighted by atomic mass is 16.5. The van der Waals surface area contributed by atoms with E-state index in [2.05, 4.69) is 20.4 Å². The number of fused-ring (bicyclic) bond motifs is 1. The monoisotopic (exact) mass is 453 g/mol. The number of ether oxygens (including phenoxy) is 1. The van der Waals surface area contributed by atoms with Gasteiger partial charge in [0.15, 0.2) is 0 Å². The van der Waals surface area contributed by atoms with Crippen molar-refractivity contribution in [3.05, 3.63) is 89.5 Å². The summed E-state index contributed by atoms with van der Waals surface area (Å²) in [5.41, 5.74) is 2.08. The fourth-order valence-electron chi connectivity index (χ4n) is 3.64. The maximum atomic E-state index is 13.0. The Bertz CT molecular complexity index is 1530. The largest absolute Gasteiger partial charge is 0.497 e. The number of carbonyl (C=O) groups is 1. The Morgan fingerprint density at radius 3 is 2.59 bits per heavy atom. The summed E-state index contributed by atoms with van der Waals surface area (Å²) in [4.78, 5) is 34.2. The molecular formula is C25H19N5O4. The number of anilines is 1. The van der Waals surface area contributed by atoms with Crippen LogP contribution in [0.2, 0.25) is 0 Å². The first-order valence-electron chi connectivity index (χ1n) is 10.4. The van der Waals surface area contributed by atoms with Gasteiger partial charge in [0.2, 0.25) is 11.7 Å². The zero-order valence-electron chi connectivity index (χ0n) is 18.1. The number of para-hydroxylation sites is 1. The van der Waals surface area contributed by atoms with Crippen LogP contribution in [0.3, 0.4) is 0 Å². The second-order valence-electron chi connectivity index (χ2n) is 7.44. The SMILES string of the molecule is COc1ccc(NC(=O)Cn2c(=O)cc(-c3nc(-c4ccncc4)no3)c3ccccc32)cc1. The average molecular weight is 453 g/mol.